The predicted molar refractivity (Wildman–Crippen MR) is 101 cm³/mol. The number of unbranched alkanes of at least 4 members (excludes halogenated alkanes) is 1. The van der Waals surface area contributed by atoms with Gasteiger partial charge in [0.15, 0.2) is 0 Å². The highest BCUT2D eigenvalue weighted by Crippen LogP contribution is 2.39. The largest absolute Gasteiger partial charge is 0.372 e. The number of benzene rings is 1. The van der Waals surface area contributed by atoms with Crippen molar-refractivity contribution in [2.24, 2.45) is 11.8 Å². The highest BCUT2D eigenvalue weighted by molar-refractivity contribution is 5.99. The van der Waals surface area contributed by atoms with Crippen molar-refractivity contribution in [3.05, 3.63) is 24.3 Å². The molecule has 2 N–H and O–H groups in total. The number of hydrogen-bond acceptors (Lipinski definition) is 3. The summed E-state index contributed by atoms with van der Waals surface area (Å²) in [5.41, 5.74) is 2.03. The van der Waals surface area contributed by atoms with Gasteiger partial charge in [0.25, 0.3) is 0 Å². The summed E-state index contributed by atoms with van der Waals surface area (Å²) >= 11 is 0. The second kappa shape index (κ2) is 8.37. The van der Waals surface area contributed by atoms with Crippen LogP contribution in [0.5, 0.6) is 0 Å². The lowest BCUT2D eigenvalue weighted by atomic mass is 10.1. The van der Waals surface area contributed by atoms with E-state index in [4.69, 9.17) is 0 Å². The minimum Gasteiger partial charge on any atom is -0.372 e. The van der Waals surface area contributed by atoms with Gasteiger partial charge in [-0.15, -0.1) is 0 Å². The van der Waals surface area contributed by atoms with E-state index in [1.165, 1.54) is 24.9 Å². The van der Waals surface area contributed by atoms with Crippen molar-refractivity contribution in [1.29, 1.82) is 0 Å². The maximum atomic E-state index is 12.3. The van der Waals surface area contributed by atoms with Crippen LogP contribution in [0.1, 0.15) is 45.4 Å². The lowest BCUT2D eigenvalue weighted by Gasteiger charge is -2.28. The molecule has 1 aliphatic carbocycles. The fourth-order valence-corrected chi connectivity index (χ4v) is 3.44. The molecule has 0 radical (unpaired) electrons. The van der Waals surface area contributed by atoms with E-state index in [-0.39, 0.29) is 23.7 Å². The van der Waals surface area contributed by atoms with Gasteiger partial charge in [-0.2, -0.15) is 0 Å². The van der Waals surface area contributed by atoms with Crippen molar-refractivity contribution in [3.8, 4) is 0 Å². The zero-order chi connectivity index (χ0) is 17.6. The highest BCUT2D eigenvalue weighted by Gasteiger charge is 2.47. The van der Waals surface area contributed by atoms with Gasteiger partial charge in [-0.3, -0.25) is 9.59 Å². The molecule has 2 aliphatic rings. The summed E-state index contributed by atoms with van der Waals surface area (Å²) in [5.74, 6) is -0.344. The molecule has 1 heterocycles. The van der Waals surface area contributed by atoms with Gasteiger partial charge < -0.3 is 15.5 Å². The van der Waals surface area contributed by atoms with E-state index in [2.05, 4.69) is 34.6 Å². The Balaban J connectivity index is 1.46. The Morgan fingerprint density at radius 1 is 1.04 bits per heavy atom. The van der Waals surface area contributed by atoms with Crippen molar-refractivity contribution in [2.75, 3.05) is 29.9 Å². The van der Waals surface area contributed by atoms with E-state index in [0.29, 0.717) is 13.0 Å². The highest BCUT2D eigenvalue weighted by atomic mass is 16.2. The Bertz CT molecular complexity index is 593. The molecule has 3 rings (SSSR count). The van der Waals surface area contributed by atoms with Crippen LogP contribution >= 0.6 is 0 Å². The number of piperidine rings is 1. The number of nitrogens with one attached hydrogen (secondary N) is 2. The molecule has 1 saturated heterocycles. The summed E-state index contributed by atoms with van der Waals surface area (Å²) in [4.78, 5) is 26.7. The molecule has 2 atom stereocenters. The first-order chi connectivity index (χ1) is 12.2. The first-order valence-electron chi connectivity index (χ1n) is 9.62. The van der Waals surface area contributed by atoms with E-state index in [0.717, 1.165) is 31.6 Å². The minimum atomic E-state index is -0.177. The smallest absolute Gasteiger partial charge is 0.228 e. The number of hydrogen-bond donors (Lipinski definition) is 2. The minimum absolute atomic E-state index is 0.0223. The number of carbonyl (C=O) groups is 2. The topological polar surface area (TPSA) is 61.4 Å². The second-order valence-corrected chi connectivity index (χ2v) is 7.18. The van der Waals surface area contributed by atoms with Crippen molar-refractivity contribution >= 4 is 23.2 Å². The number of carbonyl (C=O) groups excluding carboxylic acids is 2. The molecular formula is C20H29N3O2. The number of rotatable bonds is 7. The fraction of sp³-hybridized carbons (Fsp3) is 0.600. The Morgan fingerprint density at radius 2 is 1.72 bits per heavy atom. The molecule has 0 aromatic heterocycles. The van der Waals surface area contributed by atoms with Gasteiger partial charge in [-0.05, 0) is 56.4 Å². The van der Waals surface area contributed by atoms with E-state index in [1.807, 2.05) is 12.1 Å². The van der Waals surface area contributed by atoms with Crippen LogP contribution in [-0.4, -0.2) is 31.4 Å². The van der Waals surface area contributed by atoms with Gasteiger partial charge in [0, 0.05) is 31.0 Å². The SMILES string of the molecule is CCCCNC(=O)C1CC1C(=O)Nc1ccc(N2CCCCC2)cc1. The Hall–Kier alpha value is -2.04. The summed E-state index contributed by atoms with van der Waals surface area (Å²) in [6, 6.07) is 8.06. The van der Waals surface area contributed by atoms with Gasteiger partial charge in [0.2, 0.25) is 11.8 Å². The third kappa shape index (κ3) is 4.74. The van der Waals surface area contributed by atoms with E-state index in [1.54, 1.807) is 0 Å². The zero-order valence-electron chi connectivity index (χ0n) is 15.1. The molecule has 2 fully saturated rings. The molecule has 1 aromatic carbocycles. The third-order valence-corrected chi connectivity index (χ3v) is 5.15. The quantitative estimate of drug-likeness (QED) is 0.748. The molecule has 25 heavy (non-hydrogen) atoms. The van der Waals surface area contributed by atoms with Crippen LogP contribution in [0.15, 0.2) is 24.3 Å². The van der Waals surface area contributed by atoms with Crippen LogP contribution in [0.3, 0.4) is 0 Å². The number of amides is 2. The monoisotopic (exact) mass is 343 g/mol. The van der Waals surface area contributed by atoms with Crippen molar-refractivity contribution < 1.29 is 9.59 Å². The summed E-state index contributed by atoms with van der Waals surface area (Å²) in [5, 5.41) is 5.86. The molecular weight excluding hydrogens is 314 g/mol. The molecule has 0 spiro atoms. The van der Waals surface area contributed by atoms with Crippen LogP contribution in [0, 0.1) is 11.8 Å². The van der Waals surface area contributed by atoms with E-state index in [9.17, 15) is 9.59 Å². The maximum Gasteiger partial charge on any atom is 0.228 e. The summed E-state index contributed by atoms with van der Waals surface area (Å²) in [6.07, 6.45) is 6.53. The van der Waals surface area contributed by atoms with Crippen molar-refractivity contribution in [1.82, 2.24) is 5.32 Å². The Kier molecular flexibility index (Phi) is 5.95. The second-order valence-electron chi connectivity index (χ2n) is 7.18. The lowest BCUT2D eigenvalue weighted by molar-refractivity contribution is -0.125. The molecule has 2 amide bonds. The fourth-order valence-electron chi connectivity index (χ4n) is 3.44. The van der Waals surface area contributed by atoms with E-state index >= 15 is 0 Å². The summed E-state index contributed by atoms with van der Waals surface area (Å²) < 4.78 is 0. The molecule has 5 nitrogen and oxygen atoms in total. The Morgan fingerprint density at radius 3 is 2.40 bits per heavy atom. The average molecular weight is 343 g/mol. The van der Waals surface area contributed by atoms with E-state index < -0.39 is 0 Å². The third-order valence-electron chi connectivity index (χ3n) is 5.15. The Labute approximate surface area is 150 Å². The van der Waals surface area contributed by atoms with Crippen molar-refractivity contribution in [2.45, 2.75) is 45.4 Å². The van der Waals surface area contributed by atoms with Crippen LogP contribution in [-0.2, 0) is 9.59 Å². The van der Waals surface area contributed by atoms with Crippen molar-refractivity contribution in [3.63, 3.8) is 0 Å². The molecule has 1 aliphatic heterocycles. The molecule has 1 aromatic rings. The molecule has 1 saturated carbocycles. The summed E-state index contributed by atoms with van der Waals surface area (Å²) in [7, 11) is 0. The zero-order valence-corrected chi connectivity index (χ0v) is 15.1. The van der Waals surface area contributed by atoms with Crippen LogP contribution < -0.4 is 15.5 Å². The van der Waals surface area contributed by atoms with Gasteiger partial charge in [-0.1, -0.05) is 13.3 Å². The van der Waals surface area contributed by atoms with Gasteiger partial charge in [-0.25, -0.2) is 0 Å². The molecule has 2 unspecified atom stereocenters. The van der Waals surface area contributed by atoms with Gasteiger partial charge in [0.05, 0.1) is 11.8 Å². The predicted octanol–water partition coefficient (Wildman–Crippen LogP) is 3.17. The van der Waals surface area contributed by atoms with Crippen LogP contribution in [0.25, 0.3) is 0 Å². The first kappa shape index (κ1) is 17.8. The first-order valence-corrected chi connectivity index (χ1v) is 9.62. The van der Waals surface area contributed by atoms with Crippen LogP contribution in [0.4, 0.5) is 11.4 Å². The van der Waals surface area contributed by atoms with Crippen LogP contribution in [0.2, 0.25) is 0 Å². The molecule has 136 valence electrons. The molecule has 5 heteroatoms. The standard InChI is InChI=1S/C20H29N3O2/c1-2-3-11-21-19(24)17-14-18(17)20(25)22-15-7-9-16(10-8-15)23-12-5-4-6-13-23/h7-10,17-18H,2-6,11-14H2,1H3,(H,21,24)(H,22,25). The summed E-state index contributed by atoms with van der Waals surface area (Å²) in [6.45, 7) is 5.03. The molecule has 0 bridgehead atoms. The van der Waals surface area contributed by atoms with Gasteiger partial charge >= 0.3 is 0 Å². The number of anilines is 2. The normalized spacial score (nSPS) is 22.4. The maximum absolute atomic E-state index is 12.3. The average Bonchev–Trinajstić information content (AvgIpc) is 3.44. The lowest BCUT2D eigenvalue weighted by Crippen LogP contribution is -2.29. The number of nitrogens with zero attached hydrogens (tertiary/aromatic N) is 1. The van der Waals surface area contributed by atoms with Gasteiger partial charge in [0.1, 0.15) is 0 Å².